The largest absolute Gasteiger partial charge is 0.449 e. The molecular weight excluding hydrogens is 308 g/mol. The Morgan fingerprint density at radius 3 is 2.09 bits per heavy atom. The van der Waals surface area contributed by atoms with Gasteiger partial charge in [-0.15, -0.1) is 6.58 Å². The molecule has 1 heterocycles. The van der Waals surface area contributed by atoms with Gasteiger partial charge in [0.2, 0.25) is 0 Å². The average molecular weight is 332 g/mol. The van der Waals surface area contributed by atoms with Crippen LogP contribution in [-0.2, 0) is 24.1 Å². The fraction of sp³-hybridized carbons (Fsp3) is 0.467. The van der Waals surface area contributed by atoms with Gasteiger partial charge in [-0.2, -0.15) is 8.42 Å². The van der Waals surface area contributed by atoms with Crippen molar-refractivity contribution in [3.8, 4) is 5.75 Å². The Hall–Kier alpha value is -1.41. The molecule has 0 amide bonds. The first-order chi connectivity index (χ1) is 10.6. The van der Waals surface area contributed by atoms with Crippen LogP contribution in [0.1, 0.15) is 13.8 Å². The third kappa shape index (κ3) is 15.0. The SMILES string of the molecule is C1CO1.C=CCOS(=O)(=O)Oc1ccccc1.CCOCC. The van der Waals surface area contributed by atoms with Crippen LogP contribution in [0, 0.1) is 0 Å². The number of benzene rings is 1. The van der Waals surface area contributed by atoms with Crippen molar-refractivity contribution in [3.63, 3.8) is 0 Å². The molecule has 1 saturated heterocycles. The van der Waals surface area contributed by atoms with Gasteiger partial charge in [0.1, 0.15) is 5.75 Å². The number of hydrogen-bond acceptors (Lipinski definition) is 6. The van der Waals surface area contributed by atoms with Gasteiger partial charge < -0.3 is 13.7 Å². The van der Waals surface area contributed by atoms with Crippen molar-refractivity contribution in [2.75, 3.05) is 33.0 Å². The van der Waals surface area contributed by atoms with Gasteiger partial charge in [0.05, 0.1) is 19.8 Å². The van der Waals surface area contributed by atoms with E-state index in [1.807, 2.05) is 13.8 Å². The second-order valence-electron chi connectivity index (χ2n) is 3.77. The smallest absolute Gasteiger partial charge is 0.382 e. The van der Waals surface area contributed by atoms with E-state index in [9.17, 15) is 8.42 Å². The summed E-state index contributed by atoms with van der Waals surface area (Å²) in [6.45, 7) is 10.9. The van der Waals surface area contributed by atoms with Crippen molar-refractivity contribution in [2.24, 2.45) is 0 Å². The first-order valence-corrected chi connectivity index (χ1v) is 8.29. The molecule has 0 radical (unpaired) electrons. The minimum Gasteiger partial charge on any atom is -0.382 e. The Morgan fingerprint density at radius 2 is 1.73 bits per heavy atom. The minimum absolute atomic E-state index is 0.102. The van der Waals surface area contributed by atoms with Crippen LogP contribution < -0.4 is 4.18 Å². The lowest BCUT2D eigenvalue weighted by molar-refractivity contribution is 0.162. The van der Waals surface area contributed by atoms with Crippen LogP contribution >= 0.6 is 0 Å². The highest BCUT2D eigenvalue weighted by Crippen LogP contribution is 2.11. The molecule has 1 aromatic rings. The van der Waals surface area contributed by atoms with Gasteiger partial charge in [-0.1, -0.05) is 24.3 Å². The van der Waals surface area contributed by atoms with E-state index in [4.69, 9.17) is 4.74 Å². The van der Waals surface area contributed by atoms with Crippen molar-refractivity contribution in [2.45, 2.75) is 13.8 Å². The first kappa shape index (κ1) is 20.6. The molecule has 0 aromatic heterocycles. The number of hydrogen-bond donors (Lipinski definition) is 0. The van der Waals surface area contributed by atoms with Crippen LogP contribution in [0.2, 0.25) is 0 Å². The van der Waals surface area contributed by atoms with Crippen LogP contribution in [0.5, 0.6) is 5.75 Å². The standard InChI is InChI=1S/C9H10O4S.C4H10O.C2H4O/c1-2-8-12-14(10,11)13-9-6-4-3-5-7-9;1-3-5-4-2;1-2-3-1/h2-7H,1,8H2;3-4H2,1-2H3;1-2H2. The fourth-order valence-corrected chi connectivity index (χ4v) is 1.61. The average Bonchev–Trinajstić information content (AvgIpc) is 3.36. The Labute approximate surface area is 133 Å². The van der Waals surface area contributed by atoms with E-state index in [1.54, 1.807) is 18.2 Å². The molecular formula is C15H24O6S. The molecule has 126 valence electrons. The normalized spacial score (nSPS) is 12.1. The molecule has 0 saturated carbocycles. The van der Waals surface area contributed by atoms with E-state index in [-0.39, 0.29) is 12.4 Å². The lowest BCUT2D eigenvalue weighted by Gasteiger charge is -2.04. The molecule has 1 aromatic carbocycles. The summed E-state index contributed by atoms with van der Waals surface area (Å²) in [6.07, 6.45) is 1.33. The van der Waals surface area contributed by atoms with Crippen molar-refractivity contribution < 1.29 is 26.3 Å². The molecule has 6 nitrogen and oxygen atoms in total. The molecule has 1 aliphatic heterocycles. The van der Waals surface area contributed by atoms with Crippen LogP contribution in [0.15, 0.2) is 43.0 Å². The Bertz CT molecular complexity index is 465. The van der Waals surface area contributed by atoms with Crippen molar-refractivity contribution in [1.82, 2.24) is 0 Å². The maximum Gasteiger partial charge on any atom is 0.449 e. The maximum absolute atomic E-state index is 11.1. The predicted molar refractivity (Wildman–Crippen MR) is 85.1 cm³/mol. The number of epoxide rings is 1. The number of para-hydroxylation sites is 1. The second kappa shape index (κ2) is 13.3. The lowest BCUT2D eigenvalue weighted by Crippen LogP contribution is -2.13. The van der Waals surface area contributed by atoms with Crippen LogP contribution in [0.3, 0.4) is 0 Å². The predicted octanol–water partition coefficient (Wildman–Crippen LogP) is 2.57. The molecule has 1 aliphatic rings. The maximum atomic E-state index is 11.1. The van der Waals surface area contributed by atoms with Crippen molar-refractivity contribution in [3.05, 3.63) is 43.0 Å². The lowest BCUT2D eigenvalue weighted by atomic mass is 10.3. The quantitative estimate of drug-likeness (QED) is 0.564. The molecule has 0 bridgehead atoms. The van der Waals surface area contributed by atoms with E-state index in [0.29, 0.717) is 0 Å². The number of rotatable bonds is 7. The molecule has 0 N–H and O–H groups in total. The summed E-state index contributed by atoms with van der Waals surface area (Å²) >= 11 is 0. The summed E-state index contributed by atoms with van der Waals surface area (Å²) in [6, 6.07) is 8.13. The van der Waals surface area contributed by atoms with Gasteiger partial charge in [-0.3, -0.25) is 0 Å². The molecule has 0 atom stereocenters. The molecule has 2 rings (SSSR count). The van der Waals surface area contributed by atoms with Crippen molar-refractivity contribution >= 4 is 10.4 Å². The summed E-state index contributed by atoms with van der Waals surface area (Å²) < 4.78 is 40.5. The van der Waals surface area contributed by atoms with Crippen LogP contribution in [0.25, 0.3) is 0 Å². The zero-order valence-electron chi connectivity index (χ0n) is 13.1. The van der Waals surface area contributed by atoms with Crippen LogP contribution in [-0.4, -0.2) is 41.5 Å². The van der Waals surface area contributed by atoms with E-state index >= 15 is 0 Å². The van der Waals surface area contributed by atoms with E-state index in [2.05, 4.69) is 19.7 Å². The van der Waals surface area contributed by atoms with E-state index < -0.39 is 10.4 Å². The van der Waals surface area contributed by atoms with Gasteiger partial charge in [0.15, 0.2) is 0 Å². The molecule has 1 fully saturated rings. The third-order valence-corrected chi connectivity index (χ3v) is 2.71. The minimum atomic E-state index is -3.97. The van der Waals surface area contributed by atoms with E-state index in [0.717, 1.165) is 26.4 Å². The molecule has 7 heteroatoms. The summed E-state index contributed by atoms with van der Waals surface area (Å²) in [7, 11) is -3.97. The third-order valence-electron chi connectivity index (χ3n) is 1.88. The highest BCUT2D eigenvalue weighted by Gasteiger charge is 2.11. The molecule has 22 heavy (non-hydrogen) atoms. The van der Waals surface area contributed by atoms with Crippen LogP contribution in [0.4, 0.5) is 0 Å². The Kier molecular flexibility index (Phi) is 12.4. The van der Waals surface area contributed by atoms with E-state index in [1.165, 1.54) is 18.2 Å². The number of ether oxygens (including phenoxy) is 2. The van der Waals surface area contributed by atoms with Crippen molar-refractivity contribution in [1.29, 1.82) is 0 Å². The van der Waals surface area contributed by atoms with Gasteiger partial charge in [-0.25, -0.2) is 4.18 Å². The summed E-state index contributed by atoms with van der Waals surface area (Å²) in [5, 5.41) is 0. The summed E-state index contributed by atoms with van der Waals surface area (Å²) in [5.41, 5.74) is 0. The highest BCUT2D eigenvalue weighted by molar-refractivity contribution is 7.82. The zero-order chi connectivity index (χ0) is 16.7. The molecule has 0 spiro atoms. The van der Waals surface area contributed by atoms with Gasteiger partial charge >= 0.3 is 10.4 Å². The zero-order valence-corrected chi connectivity index (χ0v) is 13.9. The summed E-state index contributed by atoms with van der Waals surface area (Å²) in [4.78, 5) is 0. The Balaban J connectivity index is 0.000000450. The van der Waals surface area contributed by atoms with Gasteiger partial charge in [0, 0.05) is 13.2 Å². The topological polar surface area (TPSA) is 74.4 Å². The van der Waals surface area contributed by atoms with Gasteiger partial charge in [-0.05, 0) is 26.0 Å². The highest BCUT2D eigenvalue weighted by atomic mass is 32.3. The Morgan fingerprint density at radius 1 is 1.18 bits per heavy atom. The van der Waals surface area contributed by atoms with Gasteiger partial charge in [0.25, 0.3) is 0 Å². The second-order valence-corrected chi connectivity index (χ2v) is 4.99. The fourth-order valence-electron chi connectivity index (χ4n) is 0.954. The first-order valence-electron chi connectivity index (χ1n) is 6.96. The molecule has 0 unspecified atom stereocenters. The monoisotopic (exact) mass is 332 g/mol. The summed E-state index contributed by atoms with van der Waals surface area (Å²) in [5.74, 6) is 0.219. The molecule has 0 aliphatic carbocycles.